The standard InChI is InChI=1S/C30H50O10/c1-14(4-7-23(35)40-28-27(38)26(37)25(36)21(13-31)39-28)17-5-6-18-24-19(12-22(34)30(17,18)3)29(2)9-8-16(32)10-15(29)11-20(24)33/h14-22,24-28,31-34,36-38H,4-13H2,1-3H3/t14-,15+,16-,17-,18+,19+,20-,21-,22+,24+,25-,26+,27-,28-,29+,30-/m1/s1. The van der Waals surface area contributed by atoms with Crippen molar-refractivity contribution in [2.24, 2.45) is 46.3 Å². The Labute approximate surface area is 236 Å². The van der Waals surface area contributed by atoms with Gasteiger partial charge in [-0.15, -0.1) is 0 Å². The summed E-state index contributed by atoms with van der Waals surface area (Å²) in [4.78, 5) is 12.7. The molecule has 10 heteroatoms. The van der Waals surface area contributed by atoms with E-state index in [4.69, 9.17) is 9.47 Å². The lowest BCUT2D eigenvalue weighted by Gasteiger charge is -2.63. The smallest absolute Gasteiger partial charge is 0.308 e. The van der Waals surface area contributed by atoms with Crippen LogP contribution in [0.2, 0.25) is 0 Å². The molecule has 0 spiro atoms. The van der Waals surface area contributed by atoms with Crippen LogP contribution in [0, 0.1) is 46.3 Å². The molecule has 5 aliphatic rings. The summed E-state index contributed by atoms with van der Waals surface area (Å²) >= 11 is 0. The summed E-state index contributed by atoms with van der Waals surface area (Å²) in [6.45, 7) is 5.98. The molecule has 0 aromatic rings. The first-order valence-corrected chi connectivity index (χ1v) is 15.4. The molecule has 0 unspecified atom stereocenters. The molecule has 4 aliphatic carbocycles. The van der Waals surface area contributed by atoms with E-state index in [0.717, 1.165) is 32.1 Å². The van der Waals surface area contributed by atoms with Gasteiger partial charge in [0.1, 0.15) is 24.4 Å². The zero-order chi connectivity index (χ0) is 29.1. The summed E-state index contributed by atoms with van der Waals surface area (Å²) < 4.78 is 10.6. The van der Waals surface area contributed by atoms with E-state index in [9.17, 15) is 40.5 Å². The molecule has 5 rings (SSSR count). The van der Waals surface area contributed by atoms with Gasteiger partial charge in [-0.1, -0.05) is 20.8 Å². The quantitative estimate of drug-likeness (QED) is 0.225. The summed E-state index contributed by atoms with van der Waals surface area (Å²) in [7, 11) is 0. The predicted octanol–water partition coefficient (Wildman–Crippen LogP) is 0.707. The second kappa shape index (κ2) is 11.3. The van der Waals surface area contributed by atoms with Crippen molar-refractivity contribution in [1.29, 1.82) is 0 Å². The molecule has 7 N–H and O–H groups in total. The van der Waals surface area contributed by atoms with Crippen molar-refractivity contribution in [1.82, 2.24) is 0 Å². The largest absolute Gasteiger partial charge is 0.433 e. The minimum atomic E-state index is -1.63. The fourth-order valence-electron chi connectivity index (χ4n) is 10.0. The highest BCUT2D eigenvalue weighted by atomic mass is 16.7. The molecule has 10 nitrogen and oxygen atoms in total. The van der Waals surface area contributed by atoms with Crippen LogP contribution in [0.1, 0.15) is 78.6 Å². The molecule has 0 amide bonds. The lowest BCUT2D eigenvalue weighted by atomic mass is 9.43. The van der Waals surface area contributed by atoms with E-state index in [2.05, 4.69) is 20.8 Å². The summed E-state index contributed by atoms with van der Waals surface area (Å²) in [5.74, 6) is 0.463. The maximum absolute atomic E-state index is 12.7. The number of carbonyl (C=O) groups excluding carboxylic acids is 1. The molecule has 230 valence electrons. The Morgan fingerprint density at radius 3 is 2.38 bits per heavy atom. The molecule has 4 saturated carbocycles. The van der Waals surface area contributed by atoms with Gasteiger partial charge in [-0.3, -0.25) is 4.79 Å². The van der Waals surface area contributed by atoms with Crippen molar-refractivity contribution in [3.05, 3.63) is 0 Å². The third kappa shape index (κ3) is 4.94. The van der Waals surface area contributed by atoms with Crippen LogP contribution in [0.5, 0.6) is 0 Å². The Hall–Kier alpha value is -0.850. The van der Waals surface area contributed by atoms with Crippen LogP contribution < -0.4 is 0 Å². The number of ether oxygens (including phenoxy) is 2. The monoisotopic (exact) mass is 570 g/mol. The van der Waals surface area contributed by atoms with Crippen LogP contribution in [0.3, 0.4) is 0 Å². The Morgan fingerprint density at radius 1 is 0.950 bits per heavy atom. The first-order chi connectivity index (χ1) is 18.8. The molecular weight excluding hydrogens is 520 g/mol. The maximum Gasteiger partial charge on any atom is 0.308 e. The fraction of sp³-hybridized carbons (Fsp3) is 0.967. The Bertz CT molecular complexity index is 915. The molecule has 0 bridgehead atoms. The fourth-order valence-corrected chi connectivity index (χ4v) is 10.0. The molecule has 1 saturated heterocycles. The minimum absolute atomic E-state index is 0.0172. The molecule has 0 aromatic heterocycles. The van der Waals surface area contributed by atoms with E-state index >= 15 is 0 Å². The predicted molar refractivity (Wildman–Crippen MR) is 142 cm³/mol. The lowest BCUT2D eigenvalue weighted by Crippen LogP contribution is -2.62. The Morgan fingerprint density at radius 2 is 1.68 bits per heavy atom. The number of rotatable bonds is 6. The Balaban J connectivity index is 1.23. The van der Waals surface area contributed by atoms with Crippen molar-refractivity contribution in [3.63, 3.8) is 0 Å². The first kappa shape index (κ1) is 30.6. The SMILES string of the molecule is C[C@H](CCC(=O)O[C@H]1O[C@H](CO)[C@@H](O)[C@H](O)[C@H]1O)[C@H]1CC[C@H]2[C@@H]3[C@H](O)C[C@@H]4C[C@H](O)CC[C@]4(C)[C@H]3C[C@H](O)[C@]12C. The van der Waals surface area contributed by atoms with Crippen LogP contribution in [-0.4, -0.2) is 97.3 Å². The zero-order valence-electron chi connectivity index (χ0n) is 24.0. The lowest BCUT2D eigenvalue weighted by molar-refractivity contribution is -0.292. The number of aliphatic hydroxyl groups is 7. The molecule has 16 atom stereocenters. The van der Waals surface area contributed by atoms with Gasteiger partial charge in [-0.25, -0.2) is 0 Å². The van der Waals surface area contributed by atoms with Gasteiger partial charge < -0.3 is 45.2 Å². The average Bonchev–Trinajstić information content (AvgIpc) is 3.27. The van der Waals surface area contributed by atoms with E-state index in [0.29, 0.717) is 19.3 Å². The van der Waals surface area contributed by atoms with Crippen LogP contribution in [0.25, 0.3) is 0 Å². The zero-order valence-corrected chi connectivity index (χ0v) is 24.0. The van der Waals surface area contributed by atoms with Crippen LogP contribution in [0.4, 0.5) is 0 Å². The number of fused-ring (bicyclic) bond motifs is 5. The van der Waals surface area contributed by atoms with E-state index in [1.807, 2.05) is 0 Å². The Kier molecular flexibility index (Phi) is 8.67. The first-order valence-electron chi connectivity index (χ1n) is 15.4. The van der Waals surface area contributed by atoms with Gasteiger partial charge in [-0.2, -0.15) is 0 Å². The number of hydrogen-bond acceptors (Lipinski definition) is 10. The van der Waals surface area contributed by atoms with E-state index in [-0.39, 0.29) is 58.9 Å². The van der Waals surface area contributed by atoms with Crippen LogP contribution in [0.15, 0.2) is 0 Å². The third-order valence-electron chi connectivity index (χ3n) is 12.4. The molecule has 0 aromatic carbocycles. The topological polar surface area (TPSA) is 177 Å². The van der Waals surface area contributed by atoms with Gasteiger partial charge in [0.05, 0.1) is 24.9 Å². The number of esters is 1. The molecule has 0 radical (unpaired) electrons. The van der Waals surface area contributed by atoms with Crippen LogP contribution >= 0.6 is 0 Å². The van der Waals surface area contributed by atoms with Gasteiger partial charge in [0, 0.05) is 6.42 Å². The van der Waals surface area contributed by atoms with Gasteiger partial charge in [0.25, 0.3) is 0 Å². The summed E-state index contributed by atoms with van der Waals surface area (Å²) in [6.07, 6.45) is -2.43. The van der Waals surface area contributed by atoms with Crippen molar-refractivity contribution >= 4 is 5.97 Å². The number of hydrogen-bond donors (Lipinski definition) is 7. The average molecular weight is 571 g/mol. The van der Waals surface area contributed by atoms with Gasteiger partial charge in [-0.05, 0) is 97.7 Å². The van der Waals surface area contributed by atoms with E-state index in [1.165, 1.54) is 0 Å². The van der Waals surface area contributed by atoms with Gasteiger partial charge in [0.15, 0.2) is 0 Å². The minimum Gasteiger partial charge on any atom is -0.433 e. The summed E-state index contributed by atoms with van der Waals surface area (Å²) in [5.41, 5.74) is -0.358. The van der Waals surface area contributed by atoms with Crippen LogP contribution in [-0.2, 0) is 14.3 Å². The van der Waals surface area contributed by atoms with Gasteiger partial charge in [0.2, 0.25) is 6.29 Å². The number of carbonyl (C=O) groups is 1. The summed E-state index contributed by atoms with van der Waals surface area (Å²) in [5, 5.41) is 72.9. The molecular formula is C30H50O10. The van der Waals surface area contributed by atoms with E-state index < -0.39 is 55.5 Å². The second-order valence-electron chi connectivity index (χ2n) is 14.2. The number of aliphatic hydroxyl groups excluding tert-OH is 7. The van der Waals surface area contributed by atoms with Gasteiger partial charge >= 0.3 is 5.97 Å². The maximum atomic E-state index is 12.7. The van der Waals surface area contributed by atoms with Crippen molar-refractivity contribution in [2.75, 3.05) is 6.61 Å². The second-order valence-corrected chi connectivity index (χ2v) is 14.2. The molecule has 1 aliphatic heterocycles. The highest BCUT2D eigenvalue weighted by molar-refractivity contribution is 5.69. The van der Waals surface area contributed by atoms with Crippen molar-refractivity contribution < 1.29 is 50.0 Å². The molecule has 1 heterocycles. The molecule has 5 fully saturated rings. The van der Waals surface area contributed by atoms with Crippen molar-refractivity contribution in [3.8, 4) is 0 Å². The summed E-state index contributed by atoms with van der Waals surface area (Å²) in [6, 6.07) is 0. The molecule has 40 heavy (non-hydrogen) atoms. The highest BCUT2D eigenvalue weighted by Crippen LogP contribution is 2.68. The van der Waals surface area contributed by atoms with E-state index in [1.54, 1.807) is 0 Å². The highest BCUT2D eigenvalue weighted by Gasteiger charge is 2.65. The third-order valence-corrected chi connectivity index (χ3v) is 12.4. The normalized spacial score (nSPS) is 53.2. The van der Waals surface area contributed by atoms with Crippen molar-refractivity contribution in [2.45, 2.75) is 128 Å².